The van der Waals surface area contributed by atoms with Crippen molar-refractivity contribution < 1.29 is 4.74 Å². The molecule has 2 nitrogen and oxygen atoms in total. The lowest BCUT2D eigenvalue weighted by molar-refractivity contribution is 0.349. The van der Waals surface area contributed by atoms with Gasteiger partial charge in [0, 0.05) is 6.54 Å². The lowest BCUT2D eigenvalue weighted by Gasteiger charge is -2.08. The van der Waals surface area contributed by atoms with Gasteiger partial charge in [0.05, 0.1) is 0 Å². The van der Waals surface area contributed by atoms with Crippen molar-refractivity contribution in [2.45, 2.75) is 33.2 Å². The van der Waals surface area contributed by atoms with Gasteiger partial charge >= 0.3 is 0 Å². The summed E-state index contributed by atoms with van der Waals surface area (Å²) >= 11 is 0. The molecule has 2 heteroatoms. The van der Waals surface area contributed by atoms with Gasteiger partial charge in [-0.1, -0.05) is 32.6 Å². The van der Waals surface area contributed by atoms with Crippen LogP contribution in [0.1, 0.15) is 32.3 Å². The molecular weight excluding hydrogens is 210 g/mol. The molecule has 0 bridgehead atoms. The molecule has 0 fully saturated rings. The molecule has 0 aliphatic rings. The molecule has 1 aromatic rings. The molecule has 0 spiro atoms. The van der Waals surface area contributed by atoms with E-state index >= 15 is 0 Å². The van der Waals surface area contributed by atoms with E-state index in [1.165, 1.54) is 12.0 Å². The summed E-state index contributed by atoms with van der Waals surface area (Å²) in [6.07, 6.45) is 2.14. The molecule has 0 unspecified atom stereocenters. The number of rotatable bonds is 8. The van der Waals surface area contributed by atoms with E-state index in [1.54, 1.807) is 0 Å². The number of nitrogens with one attached hydrogen (secondary N) is 1. The molecule has 1 rings (SSSR count). The fourth-order valence-electron chi connectivity index (χ4n) is 1.40. The molecule has 0 aliphatic heterocycles. The van der Waals surface area contributed by atoms with Gasteiger partial charge in [0.2, 0.25) is 0 Å². The summed E-state index contributed by atoms with van der Waals surface area (Å²) in [5.74, 6) is 0.916. The van der Waals surface area contributed by atoms with Gasteiger partial charge in [-0.15, -0.1) is 0 Å². The second-order valence-corrected chi connectivity index (χ2v) is 4.21. The van der Waals surface area contributed by atoms with Crippen molar-refractivity contribution in [3.8, 4) is 5.75 Å². The highest BCUT2D eigenvalue weighted by atomic mass is 16.5. The summed E-state index contributed by atoms with van der Waals surface area (Å²) in [6.45, 7) is 10.8. The van der Waals surface area contributed by atoms with Gasteiger partial charge in [-0.3, -0.25) is 0 Å². The predicted octanol–water partition coefficient (Wildman–Crippen LogP) is 3.53. The van der Waals surface area contributed by atoms with Crippen molar-refractivity contribution in [2.75, 3.05) is 13.2 Å². The minimum atomic E-state index is 0.615. The molecule has 0 amide bonds. The number of hydrogen-bond donors (Lipinski definition) is 1. The normalized spacial score (nSPS) is 10.2. The molecule has 0 saturated carbocycles. The van der Waals surface area contributed by atoms with Crippen molar-refractivity contribution in [1.82, 2.24) is 5.32 Å². The molecule has 94 valence electrons. The van der Waals surface area contributed by atoms with E-state index in [-0.39, 0.29) is 0 Å². The van der Waals surface area contributed by atoms with E-state index in [4.69, 9.17) is 4.74 Å². The number of hydrogen-bond acceptors (Lipinski definition) is 2. The van der Waals surface area contributed by atoms with Crippen LogP contribution in [0.25, 0.3) is 0 Å². The van der Waals surface area contributed by atoms with Gasteiger partial charge in [0.15, 0.2) is 0 Å². The molecule has 1 aromatic carbocycles. The largest absolute Gasteiger partial charge is 0.489 e. The second-order valence-electron chi connectivity index (χ2n) is 4.21. The van der Waals surface area contributed by atoms with Crippen LogP contribution in [0.2, 0.25) is 0 Å². The Hall–Kier alpha value is -1.28. The summed E-state index contributed by atoms with van der Waals surface area (Å²) in [4.78, 5) is 0. The summed E-state index contributed by atoms with van der Waals surface area (Å²) < 4.78 is 5.62. The minimum Gasteiger partial charge on any atom is -0.489 e. The highest BCUT2D eigenvalue weighted by Crippen LogP contribution is 2.13. The van der Waals surface area contributed by atoms with E-state index in [0.29, 0.717) is 6.61 Å². The summed E-state index contributed by atoms with van der Waals surface area (Å²) in [7, 11) is 0. The van der Waals surface area contributed by atoms with Gasteiger partial charge in [0.25, 0.3) is 0 Å². The molecule has 17 heavy (non-hydrogen) atoms. The van der Waals surface area contributed by atoms with Crippen molar-refractivity contribution >= 4 is 0 Å². The average molecular weight is 233 g/mol. The van der Waals surface area contributed by atoms with Crippen LogP contribution in [0.3, 0.4) is 0 Å². The van der Waals surface area contributed by atoms with Gasteiger partial charge in [-0.25, -0.2) is 0 Å². The second kappa shape index (κ2) is 7.91. The van der Waals surface area contributed by atoms with E-state index in [1.807, 2.05) is 12.1 Å². The number of ether oxygens (including phenoxy) is 1. The summed E-state index contributed by atoms with van der Waals surface area (Å²) in [5.41, 5.74) is 2.42. The molecule has 0 aromatic heterocycles. The molecule has 0 heterocycles. The highest BCUT2D eigenvalue weighted by Gasteiger charge is 1.96. The third-order valence-electron chi connectivity index (χ3n) is 2.62. The number of benzene rings is 1. The Morgan fingerprint density at radius 1 is 1.24 bits per heavy atom. The first-order valence-corrected chi connectivity index (χ1v) is 6.35. The van der Waals surface area contributed by atoms with E-state index in [2.05, 4.69) is 37.9 Å². The maximum absolute atomic E-state index is 5.62. The van der Waals surface area contributed by atoms with Crippen LogP contribution < -0.4 is 10.1 Å². The molecule has 0 radical (unpaired) electrons. The SMILES string of the molecule is C=C(CC)COc1ccc(CNCCC)cc1. The monoisotopic (exact) mass is 233 g/mol. The van der Waals surface area contributed by atoms with Crippen molar-refractivity contribution in [2.24, 2.45) is 0 Å². The first kappa shape index (κ1) is 13.8. The Labute approximate surface area is 105 Å². The van der Waals surface area contributed by atoms with Crippen LogP contribution in [0.5, 0.6) is 5.75 Å². The Bertz CT molecular complexity index is 329. The van der Waals surface area contributed by atoms with E-state index in [9.17, 15) is 0 Å². The fourth-order valence-corrected chi connectivity index (χ4v) is 1.40. The first-order valence-electron chi connectivity index (χ1n) is 6.35. The fraction of sp³-hybridized carbons (Fsp3) is 0.467. The molecule has 0 atom stereocenters. The maximum Gasteiger partial charge on any atom is 0.119 e. The first-order chi connectivity index (χ1) is 8.26. The lowest BCUT2D eigenvalue weighted by atomic mass is 10.2. The third-order valence-corrected chi connectivity index (χ3v) is 2.62. The van der Waals surface area contributed by atoms with Gasteiger partial charge in [-0.05, 0) is 42.7 Å². The van der Waals surface area contributed by atoms with Crippen LogP contribution >= 0.6 is 0 Å². The minimum absolute atomic E-state index is 0.615. The van der Waals surface area contributed by atoms with Crippen LogP contribution in [0.15, 0.2) is 36.4 Å². The van der Waals surface area contributed by atoms with Crippen LogP contribution in [-0.4, -0.2) is 13.2 Å². The van der Waals surface area contributed by atoms with E-state index < -0.39 is 0 Å². The standard InChI is InChI=1S/C15H23NO/c1-4-10-16-11-14-6-8-15(9-7-14)17-12-13(3)5-2/h6-9,16H,3-5,10-12H2,1-2H3. The molecule has 1 N–H and O–H groups in total. The molecular formula is C15H23NO. The van der Waals surface area contributed by atoms with Crippen molar-refractivity contribution in [1.29, 1.82) is 0 Å². The predicted molar refractivity (Wildman–Crippen MR) is 73.4 cm³/mol. The molecule has 0 saturated heterocycles. The Morgan fingerprint density at radius 3 is 2.53 bits per heavy atom. The van der Waals surface area contributed by atoms with Crippen LogP contribution in [-0.2, 0) is 6.54 Å². The Balaban J connectivity index is 2.36. The average Bonchev–Trinajstić information content (AvgIpc) is 2.37. The zero-order valence-corrected chi connectivity index (χ0v) is 11.0. The Kier molecular flexibility index (Phi) is 6.41. The van der Waals surface area contributed by atoms with Crippen LogP contribution in [0.4, 0.5) is 0 Å². The zero-order valence-electron chi connectivity index (χ0n) is 11.0. The smallest absolute Gasteiger partial charge is 0.119 e. The van der Waals surface area contributed by atoms with Crippen LogP contribution in [0, 0.1) is 0 Å². The molecule has 0 aliphatic carbocycles. The zero-order chi connectivity index (χ0) is 12.5. The summed E-state index contributed by atoms with van der Waals surface area (Å²) in [5, 5.41) is 3.38. The Morgan fingerprint density at radius 2 is 1.94 bits per heavy atom. The van der Waals surface area contributed by atoms with Crippen molar-refractivity contribution in [3.63, 3.8) is 0 Å². The third kappa shape index (κ3) is 5.55. The van der Waals surface area contributed by atoms with Crippen molar-refractivity contribution in [3.05, 3.63) is 42.0 Å². The van der Waals surface area contributed by atoms with Gasteiger partial charge in [-0.2, -0.15) is 0 Å². The quantitative estimate of drug-likeness (QED) is 0.548. The maximum atomic E-state index is 5.62. The van der Waals surface area contributed by atoms with Gasteiger partial charge < -0.3 is 10.1 Å². The van der Waals surface area contributed by atoms with Gasteiger partial charge in [0.1, 0.15) is 12.4 Å². The lowest BCUT2D eigenvalue weighted by Crippen LogP contribution is -2.13. The topological polar surface area (TPSA) is 21.3 Å². The summed E-state index contributed by atoms with van der Waals surface area (Å²) in [6, 6.07) is 8.25. The highest BCUT2D eigenvalue weighted by molar-refractivity contribution is 5.27. The van der Waals surface area contributed by atoms with E-state index in [0.717, 1.165) is 30.8 Å².